The Morgan fingerprint density at radius 2 is 1.72 bits per heavy atom. The van der Waals surface area contributed by atoms with Gasteiger partial charge in [0.1, 0.15) is 16.7 Å². The van der Waals surface area contributed by atoms with Crippen molar-refractivity contribution in [3.8, 4) is 17.4 Å². The molecule has 2 aliphatic heterocycles. The molecule has 12 nitrogen and oxygen atoms in total. The van der Waals surface area contributed by atoms with E-state index in [1.54, 1.807) is 30.5 Å². The molecule has 9 rings (SSSR count). The molecule has 2 N–H and O–H groups in total. The molecule has 2 aliphatic carbocycles. The number of morpholine rings is 1. The van der Waals surface area contributed by atoms with Gasteiger partial charge >= 0.3 is 0 Å². The Morgan fingerprint density at radius 3 is 2.46 bits per heavy atom. The second kappa shape index (κ2) is 19.4. The summed E-state index contributed by atoms with van der Waals surface area (Å²) in [5.74, 6) is -1.38. The van der Waals surface area contributed by atoms with E-state index in [4.69, 9.17) is 25.8 Å². The molecule has 65 heavy (non-hydrogen) atoms. The third kappa shape index (κ3) is 10.7. The third-order valence-electron chi connectivity index (χ3n) is 13.4. The van der Waals surface area contributed by atoms with Crippen LogP contribution in [-0.4, -0.2) is 105 Å². The van der Waals surface area contributed by atoms with Gasteiger partial charge in [-0.25, -0.2) is 22.5 Å². The van der Waals surface area contributed by atoms with Crippen LogP contribution in [-0.2, 0) is 14.8 Å². The number of carbonyl (C=O) groups excluding carboxylic acids is 1. The number of hydrogen-bond acceptors (Lipinski definition) is 10. The monoisotopic (exact) mass is 988 g/mol. The first kappa shape index (κ1) is 45.6. The van der Waals surface area contributed by atoms with Gasteiger partial charge in [0.15, 0.2) is 11.6 Å². The Kier molecular flexibility index (Phi) is 13.6. The van der Waals surface area contributed by atoms with Gasteiger partial charge in [-0.3, -0.25) is 14.6 Å². The summed E-state index contributed by atoms with van der Waals surface area (Å²) in [6.45, 7) is 12.0. The molecule has 2 saturated heterocycles. The number of piperazine rings is 1. The summed E-state index contributed by atoms with van der Waals surface area (Å²) in [5.41, 5.74) is 5.60. The number of carbonyl (C=O) groups is 1. The fraction of sp³-hybridized carbons (Fsp3) is 0.429. The van der Waals surface area contributed by atoms with Gasteiger partial charge in [0.2, 0.25) is 5.88 Å². The first-order chi connectivity index (χ1) is 31.3. The molecule has 4 aliphatic rings. The number of sulfonamides is 1. The summed E-state index contributed by atoms with van der Waals surface area (Å²) < 4.78 is 63.5. The summed E-state index contributed by atoms with van der Waals surface area (Å²) in [7, 11) is -4.42. The fourth-order valence-corrected chi connectivity index (χ4v) is 11.3. The van der Waals surface area contributed by atoms with Crippen LogP contribution in [0.4, 0.5) is 10.1 Å². The lowest BCUT2D eigenvalue weighted by Crippen LogP contribution is -2.47. The van der Waals surface area contributed by atoms with Gasteiger partial charge in [-0.2, -0.15) is 0 Å². The number of hydrogen-bond donors (Lipinski definition) is 2. The average Bonchev–Trinajstić information content (AvgIpc) is 3.75. The number of anilines is 1. The van der Waals surface area contributed by atoms with Crippen molar-refractivity contribution < 1.29 is 31.8 Å². The third-order valence-corrected chi connectivity index (χ3v) is 15.5. The van der Waals surface area contributed by atoms with Crippen molar-refractivity contribution >= 4 is 65.6 Å². The highest BCUT2D eigenvalue weighted by Gasteiger charge is 2.32. The molecule has 3 aromatic carbocycles. The van der Waals surface area contributed by atoms with Crippen LogP contribution in [0.2, 0.25) is 5.02 Å². The number of H-pyrrole nitrogens is 1. The van der Waals surface area contributed by atoms with E-state index < -0.39 is 21.7 Å². The van der Waals surface area contributed by atoms with Crippen LogP contribution in [0.15, 0.2) is 94.1 Å². The highest BCUT2D eigenvalue weighted by atomic mass is 79.9. The molecule has 0 radical (unpaired) electrons. The molecule has 1 saturated carbocycles. The van der Waals surface area contributed by atoms with Gasteiger partial charge in [-0.15, -0.1) is 0 Å². The molecular formula is C49H55BrClFN6O6S. The summed E-state index contributed by atoms with van der Waals surface area (Å²) in [6, 6.07) is 19.7. The molecule has 4 heterocycles. The highest BCUT2D eigenvalue weighted by molar-refractivity contribution is 9.10. The summed E-state index contributed by atoms with van der Waals surface area (Å²) in [6.07, 6.45) is 9.74. The second-order valence-corrected chi connectivity index (χ2v) is 21.4. The van der Waals surface area contributed by atoms with Crippen molar-refractivity contribution in [2.24, 2.45) is 5.41 Å². The van der Waals surface area contributed by atoms with E-state index >= 15 is 4.39 Å². The second-order valence-electron chi connectivity index (χ2n) is 18.4. The van der Waals surface area contributed by atoms with Crippen LogP contribution in [0.1, 0.15) is 74.7 Å². The standard InChI is InChI=1S/C49H55BrClFN6O6S/c1-49(2)15-13-34(41(29-49)32-3-5-35(51)6-4-32)31-56-17-19-57(20-18-56)37-9-12-40(45(26-37)64-46-25-33-14-16-53-44(33)28-43(46)52)47(59)55-65(60,61)39-27-42(50)48(54-30-39)63-38-10-7-36(8-11-38)58-21-23-62-24-22-58/h3-6,9,12,14,16,25-28,30,36,38,53H,7-8,10-11,13,15,17-24,29,31H2,1-2H3,(H,55,59)/t36-,38-. The van der Waals surface area contributed by atoms with E-state index in [2.05, 4.69) is 71.3 Å². The Hall–Kier alpha value is -4.51. The van der Waals surface area contributed by atoms with Gasteiger partial charge in [0.05, 0.1) is 29.4 Å². The molecule has 1 amide bonds. The van der Waals surface area contributed by atoms with Crippen LogP contribution < -0.4 is 19.1 Å². The van der Waals surface area contributed by atoms with Crippen molar-refractivity contribution in [3.05, 3.63) is 111 Å². The van der Waals surface area contributed by atoms with Crippen molar-refractivity contribution in [2.75, 3.05) is 63.9 Å². The maximum atomic E-state index is 15.5. The molecule has 2 aromatic heterocycles. The number of pyridine rings is 1. The van der Waals surface area contributed by atoms with Gasteiger partial charge < -0.3 is 24.1 Å². The number of amides is 1. The molecule has 16 heteroatoms. The van der Waals surface area contributed by atoms with Crippen molar-refractivity contribution in [1.29, 1.82) is 0 Å². The Labute approximate surface area is 393 Å². The Morgan fingerprint density at radius 1 is 0.969 bits per heavy atom. The predicted molar refractivity (Wildman–Crippen MR) is 255 cm³/mol. The first-order valence-electron chi connectivity index (χ1n) is 22.5. The Bertz CT molecular complexity index is 2670. The molecular weight excluding hydrogens is 935 g/mol. The number of nitrogens with one attached hydrogen (secondary N) is 2. The molecule has 5 aromatic rings. The van der Waals surface area contributed by atoms with Crippen LogP contribution in [0, 0.1) is 11.2 Å². The number of allylic oxidation sites excluding steroid dienone is 1. The number of fused-ring (bicyclic) bond motifs is 1. The van der Waals surface area contributed by atoms with E-state index in [9.17, 15) is 13.2 Å². The van der Waals surface area contributed by atoms with Gasteiger partial charge in [0.25, 0.3) is 15.9 Å². The van der Waals surface area contributed by atoms with Crippen LogP contribution >= 0.6 is 27.5 Å². The van der Waals surface area contributed by atoms with Gasteiger partial charge in [0, 0.05) is 91.8 Å². The Balaban J connectivity index is 0.897. The lowest BCUT2D eigenvalue weighted by Gasteiger charge is -2.39. The first-order valence-corrected chi connectivity index (χ1v) is 25.2. The van der Waals surface area contributed by atoms with Crippen LogP contribution in [0.25, 0.3) is 16.5 Å². The number of rotatable bonds is 12. The SMILES string of the molecule is CC1(C)CCC(CN2CCN(c3ccc(C(=O)NS(=O)(=O)c4cnc(O[C@H]5CC[C@H](N6CCOCC6)CC5)c(Br)c4)c(Oc4cc5cc[nH]c5cc4F)c3)CC2)=C(c2ccc(Cl)cc2)C1. The zero-order valence-corrected chi connectivity index (χ0v) is 39.9. The maximum absolute atomic E-state index is 15.5. The van der Waals surface area contributed by atoms with Crippen LogP contribution in [0.5, 0.6) is 17.4 Å². The zero-order chi connectivity index (χ0) is 45.3. The minimum Gasteiger partial charge on any atom is -0.474 e. The normalized spacial score (nSPS) is 21.1. The highest BCUT2D eigenvalue weighted by Crippen LogP contribution is 2.44. The topological polar surface area (TPSA) is 129 Å². The van der Waals surface area contributed by atoms with Crippen molar-refractivity contribution in [3.63, 3.8) is 0 Å². The van der Waals surface area contributed by atoms with Crippen molar-refractivity contribution in [1.82, 2.24) is 24.5 Å². The fourth-order valence-electron chi connectivity index (χ4n) is 9.63. The molecule has 0 bridgehead atoms. The molecule has 0 spiro atoms. The number of aromatic nitrogens is 2. The van der Waals surface area contributed by atoms with E-state index in [1.165, 1.54) is 41.1 Å². The molecule has 0 unspecified atom stereocenters. The molecule has 344 valence electrons. The van der Waals surface area contributed by atoms with E-state index in [0.29, 0.717) is 34.5 Å². The number of halogens is 3. The number of nitrogens with zero attached hydrogens (tertiary/aromatic N) is 4. The summed E-state index contributed by atoms with van der Waals surface area (Å²) in [5, 5.41) is 1.44. The largest absolute Gasteiger partial charge is 0.474 e. The minimum atomic E-state index is -4.42. The predicted octanol–water partition coefficient (Wildman–Crippen LogP) is 9.84. The zero-order valence-electron chi connectivity index (χ0n) is 36.8. The maximum Gasteiger partial charge on any atom is 0.268 e. The number of benzene rings is 3. The number of aromatic amines is 1. The lowest BCUT2D eigenvalue weighted by atomic mass is 9.72. The van der Waals surface area contributed by atoms with E-state index in [-0.39, 0.29) is 39.4 Å². The summed E-state index contributed by atoms with van der Waals surface area (Å²) in [4.78, 5) is 28.3. The molecule has 3 fully saturated rings. The quantitative estimate of drug-likeness (QED) is 0.125. The van der Waals surface area contributed by atoms with E-state index in [1.807, 2.05) is 12.1 Å². The smallest absolute Gasteiger partial charge is 0.268 e. The lowest BCUT2D eigenvalue weighted by molar-refractivity contribution is -0.00146. The average molecular weight is 990 g/mol. The summed E-state index contributed by atoms with van der Waals surface area (Å²) >= 11 is 9.71. The van der Waals surface area contributed by atoms with Crippen molar-refractivity contribution in [2.45, 2.75) is 75.8 Å². The van der Waals surface area contributed by atoms with Gasteiger partial charge in [-0.05, 0) is 120 Å². The van der Waals surface area contributed by atoms with Gasteiger partial charge in [-0.1, -0.05) is 43.2 Å². The molecule has 0 atom stereocenters. The van der Waals surface area contributed by atoms with Crippen LogP contribution in [0.3, 0.4) is 0 Å². The van der Waals surface area contributed by atoms with E-state index in [0.717, 1.165) is 102 Å². The number of ether oxygens (including phenoxy) is 3. The minimum absolute atomic E-state index is 0.0143.